The third kappa shape index (κ3) is 6.19. The van der Waals surface area contributed by atoms with Gasteiger partial charge in [0.2, 0.25) is 0 Å². The third-order valence-electron chi connectivity index (χ3n) is 3.45. The molecule has 2 nitrogen and oxygen atoms in total. The fourth-order valence-corrected chi connectivity index (χ4v) is 3.76. The fraction of sp³-hybridized carbons (Fsp3) is 0.647. The van der Waals surface area contributed by atoms with E-state index < -0.39 is 10.8 Å². The van der Waals surface area contributed by atoms with Gasteiger partial charge in [0.1, 0.15) is 0 Å². The van der Waals surface area contributed by atoms with Crippen molar-refractivity contribution in [1.82, 2.24) is 5.32 Å². The van der Waals surface area contributed by atoms with E-state index in [4.69, 9.17) is 0 Å². The molecule has 0 aromatic heterocycles. The molecule has 20 heavy (non-hydrogen) atoms. The summed E-state index contributed by atoms with van der Waals surface area (Å²) in [5.74, 6) is 1.55. The molecule has 1 aromatic rings. The highest BCUT2D eigenvalue weighted by Crippen LogP contribution is 2.16. The Hall–Kier alpha value is -0.670. The van der Waals surface area contributed by atoms with Crippen LogP contribution in [0, 0.1) is 0 Å². The van der Waals surface area contributed by atoms with Crippen LogP contribution in [0.25, 0.3) is 0 Å². The van der Waals surface area contributed by atoms with E-state index in [1.54, 1.807) is 0 Å². The minimum atomic E-state index is -0.723. The van der Waals surface area contributed by atoms with Gasteiger partial charge in [0.25, 0.3) is 0 Å². The first-order valence-corrected chi connectivity index (χ1v) is 9.37. The van der Waals surface area contributed by atoms with Crippen molar-refractivity contribution in [2.45, 2.75) is 52.5 Å². The largest absolute Gasteiger partial charge is 0.309 e. The summed E-state index contributed by atoms with van der Waals surface area (Å²) in [7, 11) is -0.723. The summed E-state index contributed by atoms with van der Waals surface area (Å²) >= 11 is 0. The van der Waals surface area contributed by atoms with E-state index in [1.165, 1.54) is 17.5 Å². The molecule has 0 heterocycles. The minimum absolute atomic E-state index is 0.216. The van der Waals surface area contributed by atoms with Gasteiger partial charge in [-0.05, 0) is 30.5 Å². The molecule has 114 valence electrons. The van der Waals surface area contributed by atoms with E-state index in [0.29, 0.717) is 0 Å². The second-order valence-electron chi connectivity index (χ2n) is 5.27. The number of benzene rings is 1. The van der Waals surface area contributed by atoms with Gasteiger partial charge in [0, 0.05) is 28.3 Å². The van der Waals surface area contributed by atoms with Crippen LogP contribution in [0.1, 0.15) is 57.2 Å². The predicted molar refractivity (Wildman–Crippen MR) is 89.6 cm³/mol. The van der Waals surface area contributed by atoms with E-state index in [-0.39, 0.29) is 6.04 Å². The van der Waals surface area contributed by atoms with Crippen LogP contribution in [0.5, 0.6) is 0 Å². The summed E-state index contributed by atoms with van der Waals surface area (Å²) in [5.41, 5.74) is 2.65. The lowest BCUT2D eigenvalue weighted by Gasteiger charge is -2.18. The van der Waals surface area contributed by atoms with Gasteiger partial charge in [-0.25, -0.2) is 0 Å². The average molecular weight is 295 g/mol. The molecule has 0 aliphatic rings. The number of hydrogen-bond acceptors (Lipinski definition) is 2. The molecule has 1 N–H and O–H groups in total. The number of aryl methyl sites for hydroxylation is 1. The lowest BCUT2D eigenvalue weighted by Crippen LogP contribution is -2.26. The summed E-state index contributed by atoms with van der Waals surface area (Å²) < 4.78 is 12.1. The topological polar surface area (TPSA) is 29.1 Å². The average Bonchev–Trinajstić information content (AvgIpc) is 2.46. The first-order valence-electron chi connectivity index (χ1n) is 7.88. The van der Waals surface area contributed by atoms with Crippen LogP contribution in [-0.4, -0.2) is 22.3 Å². The monoisotopic (exact) mass is 295 g/mol. The molecule has 0 saturated carbocycles. The summed E-state index contributed by atoms with van der Waals surface area (Å²) in [6.07, 6.45) is 4.48. The van der Waals surface area contributed by atoms with E-state index in [0.717, 1.165) is 37.3 Å². The molecular formula is C17H29NOS. The molecule has 0 radical (unpaired) electrons. The van der Waals surface area contributed by atoms with Crippen LogP contribution >= 0.6 is 0 Å². The Morgan fingerprint density at radius 1 is 1.10 bits per heavy atom. The van der Waals surface area contributed by atoms with Gasteiger partial charge in [0.05, 0.1) is 0 Å². The van der Waals surface area contributed by atoms with Crippen LogP contribution in [-0.2, 0) is 17.2 Å². The Balaban J connectivity index is 2.66. The van der Waals surface area contributed by atoms with Crippen molar-refractivity contribution in [2.75, 3.05) is 18.1 Å². The van der Waals surface area contributed by atoms with Crippen molar-refractivity contribution >= 4 is 10.8 Å². The lowest BCUT2D eigenvalue weighted by atomic mass is 10.0. The lowest BCUT2D eigenvalue weighted by molar-refractivity contribution is 0.593. The zero-order chi connectivity index (χ0) is 14.8. The molecule has 0 aliphatic carbocycles. The molecule has 0 bridgehead atoms. The summed E-state index contributed by atoms with van der Waals surface area (Å²) in [5, 5.41) is 3.46. The number of unbranched alkanes of at least 4 members (excludes halogenated alkanes) is 1. The second-order valence-corrected chi connectivity index (χ2v) is 6.89. The van der Waals surface area contributed by atoms with Crippen molar-refractivity contribution in [3.05, 3.63) is 35.4 Å². The van der Waals surface area contributed by atoms with E-state index in [2.05, 4.69) is 50.4 Å². The molecule has 2 unspecified atom stereocenters. The molecule has 1 rings (SSSR count). The Morgan fingerprint density at radius 2 is 1.80 bits per heavy atom. The zero-order valence-corrected chi connectivity index (χ0v) is 14.0. The first-order chi connectivity index (χ1) is 9.71. The van der Waals surface area contributed by atoms with Crippen molar-refractivity contribution in [3.8, 4) is 0 Å². The number of hydrogen-bond donors (Lipinski definition) is 1. The summed E-state index contributed by atoms with van der Waals surface area (Å²) in [6, 6.07) is 9.01. The van der Waals surface area contributed by atoms with Crippen LogP contribution < -0.4 is 5.32 Å². The van der Waals surface area contributed by atoms with Crippen LogP contribution in [0.2, 0.25) is 0 Å². The maximum atomic E-state index is 12.1. The Morgan fingerprint density at radius 3 is 2.35 bits per heavy atom. The highest BCUT2D eigenvalue weighted by Gasteiger charge is 2.13. The Labute approximate surface area is 126 Å². The summed E-state index contributed by atoms with van der Waals surface area (Å²) in [4.78, 5) is 0. The smallest absolute Gasteiger partial charge is 0.0436 e. The normalized spacial score (nSPS) is 14.2. The SMILES string of the molecule is CCCCS(=O)CC(NCC)c1ccc(CCC)cc1. The van der Waals surface area contributed by atoms with E-state index in [9.17, 15) is 4.21 Å². The molecular weight excluding hydrogens is 266 g/mol. The second kappa shape index (κ2) is 10.1. The zero-order valence-electron chi connectivity index (χ0n) is 13.2. The van der Waals surface area contributed by atoms with Gasteiger partial charge < -0.3 is 5.32 Å². The van der Waals surface area contributed by atoms with Crippen LogP contribution in [0.15, 0.2) is 24.3 Å². The predicted octanol–water partition coefficient (Wildman–Crippen LogP) is 3.84. The molecule has 0 saturated heterocycles. The molecule has 0 amide bonds. The molecule has 0 aliphatic heterocycles. The van der Waals surface area contributed by atoms with Gasteiger partial charge in [0.15, 0.2) is 0 Å². The van der Waals surface area contributed by atoms with Crippen molar-refractivity contribution in [3.63, 3.8) is 0 Å². The molecule has 0 spiro atoms. The molecule has 3 heteroatoms. The Bertz CT molecular complexity index is 388. The van der Waals surface area contributed by atoms with Crippen molar-refractivity contribution < 1.29 is 4.21 Å². The van der Waals surface area contributed by atoms with Gasteiger partial charge in [-0.1, -0.05) is 57.9 Å². The van der Waals surface area contributed by atoms with E-state index in [1.807, 2.05) is 0 Å². The van der Waals surface area contributed by atoms with Crippen LogP contribution in [0.3, 0.4) is 0 Å². The molecule has 2 atom stereocenters. The molecule has 1 aromatic carbocycles. The first kappa shape index (κ1) is 17.4. The van der Waals surface area contributed by atoms with Gasteiger partial charge >= 0.3 is 0 Å². The number of nitrogens with one attached hydrogen (secondary N) is 1. The van der Waals surface area contributed by atoms with E-state index >= 15 is 0 Å². The van der Waals surface area contributed by atoms with Crippen molar-refractivity contribution in [1.29, 1.82) is 0 Å². The number of rotatable bonds is 10. The van der Waals surface area contributed by atoms with Crippen LogP contribution in [0.4, 0.5) is 0 Å². The van der Waals surface area contributed by atoms with Gasteiger partial charge in [-0.3, -0.25) is 4.21 Å². The van der Waals surface area contributed by atoms with Gasteiger partial charge in [-0.2, -0.15) is 0 Å². The summed E-state index contributed by atoms with van der Waals surface area (Å²) in [6.45, 7) is 7.36. The van der Waals surface area contributed by atoms with Crippen molar-refractivity contribution in [2.24, 2.45) is 0 Å². The van der Waals surface area contributed by atoms with Gasteiger partial charge in [-0.15, -0.1) is 0 Å². The highest BCUT2D eigenvalue weighted by molar-refractivity contribution is 7.85. The maximum absolute atomic E-state index is 12.1. The molecule has 0 fully saturated rings. The minimum Gasteiger partial charge on any atom is -0.309 e. The maximum Gasteiger partial charge on any atom is 0.0436 e. The highest BCUT2D eigenvalue weighted by atomic mass is 32.2. The standard InChI is InChI=1S/C17H29NOS/c1-4-7-13-20(19)14-17(18-6-3)16-11-9-15(8-5-2)10-12-16/h9-12,17-18H,4-8,13-14H2,1-3H3. The Kier molecular flexibility index (Phi) is 8.79. The third-order valence-corrected chi connectivity index (χ3v) is 4.90. The fourth-order valence-electron chi connectivity index (χ4n) is 2.30. The quantitative estimate of drug-likeness (QED) is 0.710.